The molecule has 1 N–H and O–H groups in total. The van der Waals surface area contributed by atoms with Crippen LogP contribution in [-0.2, 0) is 5.41 Å². The van der Waals surface area contributed by atoms with Crippen molar-refractivity contribution in [1.29, 1.82) is 0 Å². The highest BCUT2D eigenvalue weighted by Crippen LogP contribution is 2.29. The van der Waals surface area contributed by atoms with Gasteiger partial charge in [0.25, 0.3) is 0 Å². The molecule has 1 aromatic rings. The third kappa shape index (κ3) is 3.42. The maximum absolute atomic E-state index is 3.40. The molecule has 1 aliphatic heterocycles. The second-order valence-electron chi connectivity index (χ2n) is 6.79. The van der Waals surface area contributed by atoms with Crippen molar-refractivity contribution >= 4 is 0 Å². The number of nitrogens with zero attached hydrogens (tertiary/aromatic N) is 1. The van der Waals surface area contributed by atoms with E-state index in [1.165, 1.54) is 24.9 Å². The highest BCUT2D eigenvalue weighted by Gasteiger charge is 2.33. The predicted molar refractivity (Wildman–Crippen MR) is 87.2 cm³/mol. The van der Waals surface area contributed by atoms with Gasteiger partial charge >= 0.3 is 0 Å². The molecule has 0 spiro atoms. The minimum atomic E-state index is 0.182. The third-order valence-electron chi connectivity index (χ3n) is 5.09. The Hall–Kier alpha value is -0.860. The van der Waals surface area contributed by atoms with Gasteiger partial charge in [0, 0.05) is 24.5 Å². The van der Waals surface area contributed by atoms with Crippen LogP contribution < -0.4 is 5.32 Å². The first-order valence-electron chi connectivity index (χ1n) is 8.01. The third-order valence-corrected chi connectivity index (χ3v) is 5.09. The molecule has 0 aliphatic carbocycles. The molecule has 0 radical (unpaired) electrons. The molecule has 3 atom stereocenters. The van der Waals surface area contributed by atoms with Crippen LogP contribution >= 0.6 is 0 Å². The zero-order valence-electron chi connectivity index (χ0n) is 13.5. The first kappa shape index (κ1) is 15.5. The van der Waals surface area contributed by atoms with Crippen LogP contribution in [0.3, 0.4) is 0 Å². The Morgan fingerprint density at radius 1 is 1.25 bits per heavy atom. The van der Waals surface area contributed by atoms with Crippen LogP contribution in [0.1, 0.15) is 39.2 Å². The van der Waals surface area contributed by atoms with Gasteiger partial charge in [0.1, 0.15) is 0 Å². The lowest BCUT2D eigenvalue weighted by Crippen LogP contribution is -2.51. The van der Waals surface area contributed by atoms with Crippen LogP contribution in [0.2, 0.25) is 0 Å². The molecule has 2 rings (SSSR count). The normalized spacial score (nSPS) is 27.2. The fourth-order valence-electron chi connectivity index (χ4n) is 3.57. The Kier molecular flexibility index (Phi) is 5.22. The summed E-state index contributed by atoms with van der Waals surface area (Å²) in [7, 11) is 2.06. The van der Waals surface area contributed by atoms with Gasteiger partial charge in [0.15, 0.2) is 0 Å². The van der Waals surface area contributed by atoms with Crippen LogP contribution in [0.4, 0.5) is 0 Å². The number of hydrogen-bond donors (Lipinski definition) is 1. The number of hydrogen-bond acceptors (Lipinski definition) is 2. The number of piperidine rings is 1. The molecule has 0 bridgehead atoms. The molecule has 1 heterocycles. The summed E-state index contributed by atoms with van der Waals surface area (Å²) in [6.07, 6.45) is 2.72. The Bertz CT molecular complexity index is 403. The van der Waals surface area contributed by atoms with Gasteiger partial charge in [0.05, 0.1) is 0 Å². The summed E-state index contributed by atoms with van der Waals surface area (Å²) in [5, 5.41) is 3.40. The van der Waals surface area contributed by atoms with Crippen LogP contribution in [0, 0.1) is 5.92 Å². The van der Waals surface area contributed by atoms with E-state index in [2.05, 4.69) is 68.4 Å². The molecule has 1 aliphatic rings. The van der Waals surface area contributed by atoms with E-state index in [0.717, 1.165) is 19.0 Å². The van der Waals surface area contributed by atoms with Gasteiger partial charge in [-0.1, -0.05) is 44.2 Å². The van der Waals surface area contributed by atoms with E-state index in [-0.39, 0.29) is 5.41 Å². The largest absolute Gasteiger partial charge is 0.319 e. The summed E-state index contributed by atoms with van der Waals surface area (Å²) in [5.74, 6) is 0.818. The Balaban J connectivity index is 2.16. The maximum Gasteiger partial charge on any atom is 0.0177 e. The minimum Gasteiger partial charge on any atom is -0.319 e. The van der Waals surface area contributed by atoms with Gasteiger partial charge in [-0.05, 0) is 44.8 Å². The van der Waals surface area contributed by atoms with E-state index in [1.807, 2.05) is 0 Å². The van der Waals surface area contributed by atoms with Gasteiger partial charge in [-0.3, -0.25) is 4.90 Å². The lowest BCUT2D eigenvalue weighted by atomic mass is 9.80. The fraction of sp³-hybridized carbons (Fsp3) is 0.667. The van der Waals surface area contributed by atoms with Crippen LogP contribution in [0.5, 0.6) is 0 Å². The molecule has 1 fully saturated rings. The molecule has 20 heavy (non-hydrogen) atoms. The average Bonchev–Trinajstić information content (AvgIpc) is 2.45. The average molecular weight is 274 g/mol. The van der Waals surface area contributed by atoms with Crippen molar-refractivity contribution in [1.82, 2.24) is 10.2 Å². The van der Waals surface area contributed by atoms with E-state index in [9.17, 15) is 0 Å². The Labute approximate surface area is 124 Å². The van der Waals surface area contributed by atoms with Gasteiger partial charge in [-0.2, -0.15) is 0 Å². The number of rotatable bonds is 5. The van der Waals surface area contributed by atoms with Crippen molar-refractivity contribution in [3.63, 3.8) is 0 Å². The second-order valence-corrected chi connectivity index (χ2v) is 6.79. The van der Waals surface area contributed by atoms with Crippen LogP contribution in [-0.4, -0.2) is 37.6 Å². The molecule has 3 unspecified atom stereocenters. The van der Waals surface area contributed by atoms with Crippen molar-refractivity contribution in [2.45, 2.75) is 45.1 Å². The predicted octanol–water partition coefficient (Wildman–Crippen LogP) is 3.28. The van der Waals surface area contributed by atoms with Crippen molar-refractivity contribution in [2.75, 3.05) is 26.7 Å². The summed E-state index contributed by atoms with van der Waals surface area (Å²) >= 11 is 0. The van der Waals surface area contributed by atoms with Crippen LogP contribution in [0.15, 0.2) is 30.3 Å². The Morgan fingerprint density at radius 3 is 2.60 bits per heavy atom. The summed E-state index contributed by atoms with van der Waals surface area (Å²) in [5.41, 5.74) is 1.63. The standard InChI is InChI=1S/C18H30N2/c1-15-9-8-12-20(16(15)2)14-18(3,13-19-4)17-10-6-5-7-11-17/h5-7,10-11,15-16,19H,8-9,12-14H2,1-4H3. The SMILES string of the molecule is CNCC(C)(CN1CCCC(C)C1C)c1ccccc1. The smallest absolute Gasteiger partial charge is 0.0177 e. The van der Waals surface area contributed by atoms with Crippen molar-refractivity contribution in [3.8, 4) is 0 Å². The fourth-order valence-corrected chi connectivity index (χ4v) is 3.57. The molecule has 2 heteroatoms. The van der Waals surface area contributed by atoms with E-state index in [0.29, 0.717) is 6.04 Å². The molecule has 0 aromatic heterocycles. The zero-order valence-corrected chi connectivity index (χ0v) is 13.5. The first-order chi connectivity index (χ1) is 9.57. The lowest BCUT2D eigenvalue weighted by molar-refractivity contribution is 0.0887. The zero-order chi connectivity index (χ0) is 14.6. The van der Waals surface area contributed by atoms with Gasteiger partial charge < -0.3 is 5.32 Å². The topological polar surface area (TPSA) is 15.3 Å². The summed E-state index contributed by atoms with van der Waals surface area (Å²) in [4.78, 5) is 2.69. The number of nitrogens with one attached hydrogen (secondary N) is 1. The molecule has 0 saturated carbocycles. The van der Waals surface area contributed by atoms with Gasteiger partial charge in [-0.15, -0.1) is 0 Å². The summed E-state index contributed by atoms with van der Waals surface area (Å²) < 4.78 is 0. The van der Waals surface area contributed by atoms with Gasteiger partial charge in [0.2, 0.25) is 0 Å². The molecule has 112 valence electrons. The maximum atomic E-state index is 3.40. The van der Waals surface area contributed by atoms with Gasteiger partial charge in [-0.25, -0.2) is 0 Å². The van der Waals surface area contributed by atoms with Crippen molar-refractivity contribution in [2.24, 2.45) is 5.92 Å². The number of benzene rings is 1. The molecular weight excluding hydrogens is 244 g/mol. The van der Waals surface area contributed by atoms with E-state index >= 15 is 0 Å². The molecule has 1 saturated heterocycles. The van der Waals surface area contributed by atoms with E-state index in [1.54, 1.807) is 0 Å². The minimum absolute atomic E-state index is 0.182. The highest BCUT2D eigenvalue weighted by atomic mass is 15.2. The quantitative estimate of drug-likeness (QED) is 0.886. The molecule has 1 aromatic carbocycles. The second kappa shape index (κ2) is 6.73. The summed E-state index contributed by atoms with van der Waals surface area (Å²) in [6.45, 7) is 10.6. The number of likely N-dealkylation sites (N-methyl/N-ethyl adjacent to an activating group) is 1. The Morgan fingerprint density at radius 2 is 1.95 bits per heavy atom. The van der Waals surface area contributed by atoms with Crippen LogP contribution in [0.25, 0.3) is 0 Å². The van der Waals surface area contributed by atoms with E-state index < -0.39 is 0 Å². The molecular formula is C18H30N2. The number of likely N-dealkylation sites (tertiary alicyclic amines) is 1. The highest BCUT2D eigenvalue weighted by molar-refractivity contribution is 5.25. The summed E-state index contributed by atoms with van der Waals surface area (Å²) in [6, 6.07) is 11.7. The molecule has 2 nitrogen and oxygen atoms in total. The molecule has 0 amide bonds. The first-order valence-corrected chi connectivity index (χ1v) is 8.01. The monoisotopic (exact) mass is 274 g/mol. The van der Waals surface area contributed by atoms with Crippen molar-refractivity contribution < 1.29 is 0 Å². The van der Waals surface area contributed by atoms with E-state index in [4.69, 9.17) is 0 Å². The van der Waals surface area contributed by atoms with Crippen molar-refractivity contribution in [3.05, 3.63) is 35.9 Å². The lowest BCUT2D eigenvalue weighted by Gasteiger charge is -2.43.